The van der Waals surface area contributed by atoms with E-state index in [0.29, 0.717) is 34.6 Å². The van der Waals surface area contributed by atoms with E-state index in [9.17, 15) is 14.7 Å². The number of hydrogen-bond donors (Lipinski definition) is 2. The number of hydrogen-bond acceptors (Lipinski definition) is 6. The van der Waals surface area contributed by atoms with Crippen molar-refractivity contribution in [2.45, 2.75) is 37.6 Å². The highest BCUT2D eigenvalue weighted by Crippen LogP contribution is 2.58. The molecule has 9 heteroatoms. The summed E-state index contributed by atoms with van der Waals surface area (Å²) < 4.78 is 13.1. The van der Waals surface area contributed by atoms with Gasteiger partial charge in [0.15, 0.2) is 5.69 Å². The monoisotopic (exact) mass is 552 g/mol. The first-order valence-electron chi connectivity index (χ1n) is 14.1. The van der Waals surface area contributed by atoms with Crippen LogP contribution in [-0.2, 0) is 4.79 Å². The van der Waals surface area contributed by atoms with Crippen LogP contribution in [0.2, 0.25) is 0 Å². The second kappa shape index (κ2) is 9.61. The van der Waals surface area contributed by atoms with Crippen LogP contribution in [0.1, 0.15) is 42.6 Å². The van der Waals surface area contributed by atoms with Gasteiger partial charge in [0.1, 0.15) is 17.0 Å². The minimum atomic E-state index is -1.28. The molecule has 0 spiro atoms. The molecule has 0 unspecified atom stereocenters. The highest BCUT2D eigenvalue weighted by atomic mass is 16.5. The summed E-state index contributed by atoms with van der Waals surface area (Å²) in [5.74, 6) is 0.660. The maximum atomic E-state index is 14.0. The van der Waals surface area contributed by atoms with Gasteiger partial charge in [0.25, 0.3) is 5.91 Å². The Labute approximate surface area is 237 Å². The number of nitrogens with one attached hydrogen (secondary N) is 1. The van der Waals surface area contributed by atoms with Crippen molar-refractivity contribution in [2.75, 3.05) is 14.2 Å². The van der Waals surface area contributed by atoms with Crippen molar-refractivity contribution in [3.63, 3.8) is 0 Å². The molecular weight excluding hydrogens is 520 g/mol. The molecule has 2 heterocycles. The summed E-state index contributed by atoms with van der Waals surface area (Å²) in [4.78, 5) is 31.4. The molecule has 2 aromatic heterocycles. The normalized spacial score (nSPS) is 26.2. The Bertz CT molecular complexity index is 1620. The zero-order valence-corrected chi connectivity index (χ0v) is 23.0. The minimum absolute atomic E-state index is 0.0693. The molecule has 2 aromatic carbocycles. The predicted octanol–water partition coefficient (Wildman–Crippen LogP) is 5.11. The van der Waals surface area contributed by atoms with Gasteiger partial charge in [-0.3, -0.25) is 9.78 Å². The summed E-state index contributed by atoms with van der Waals surface area (Å²) in [5, 5.41) is 19.3. The Morgan fingerprint density at radius 2 is 1.59 bits per heavy atom. The van der Waals surface area contributed by atoms with E-state index in [4.69, 9.17) is 14.6 Å². The Kier molecular flexibility index (Phi) is 5.99. The number of pyridine rings is 1. The molecule has 0 saturated heterocycles. The van der Waals surface area contributed by atoms with Gasteiger partial charge in [-0.15, -0.1) is 0 Å². The average Bonchev–Trinajstić information content (AvgIpc) is 3.42. The Hall–Kier alpha value is -4.40. The van der Waals surface area contributed by atoms with Gasteiger partial charge in [0.05, 0.1) is 36.7 Å². The van der Waals surface area contributed by atoms with E-state index in [1.165, 1.54) is 6.42 Å². The topological polar surface area (TPSA) is 116 Å². The number of rotatable bonds is 7. The van der Waals surface area contributed by atoms with Gasteiger partial charge in [-0.1, -0.05) is 12.1 Å². The van der Waals surface area contributed by atoms with Gasteiger partial charge in [0, 0.05) is 11.6 Å². The highest BCUT2D eigenvalue weighted by molar-refractivity contribution is 5.98. The number of carbonyl (C=O) groups excluding carboxylic acids is 1. The molecule has 8 rings (SSSR count). The van der Waals surface area contributed by atoms with Crippen molar-refractivity contribution in [2.24, 2.45) is 23.7 Å². The first-order valence-corrected chi connectivity index (χ1v) is 14.1. The van der Waals surface area contributed by atoms with E-state index < -0.39 is 17.4 Å². The maximum Gasteiger partial charge on any atom is 0.330 e. The smallest absolute Gasteiger partial charge is 0.330 e. The van der Waals surface area contributed by atoms with Crippen LogP contribution in [0.3, 0.4) is 0 Å². The number of nitrogens with zero attached hydrogens (tertiary/aromatic N) is 3. The molecule has 4 aliphatic rings. The summed E-state index contributed by atoms with van der Waals surface area (Å²) in [6, 6.07) is 16.7. The lowest BCUT2D eigenvalue weighted by Crippen LogP contribution is -2.70. The number of fused-ring (bicyclic) bond motifs is 1. The van der Waals surface area contributed by atoms with Crippen LogP contribution in [0.15, 0.2) is 60.8 Å². The van der Waals surface area contributed by atoms with Gasteiger partial charge in [-0.05, 0) is 98.2 Å². The lowest BCUT2D eigenvalue weighted by Gasteiger charge is -2.59. The van der Waals surface area contributed by atoms with E-state index in [0.717, 1.165) is 42.3 Å². The highest BCUT2D eigenvalue weighted by Gasteiger charge is 2.62. The van der Waals surface area contributed by atoms with Crippen LogP contribution in [0.25, 0.3) is 27.8 Å². The molecule has 0 atom stereocenters. The molecule has 41 heavy (non-hydrogen) atoms. The standard InChI is InChI=1S/C32H32N4O5/c1-40-27-9-4-10-28(41-2)29(27)26-17-24(35-36(26)25-8-3-7-23-22(25)6-5-11-33-23)30(37)34-32(31(38)39)20-13-18-12-19(15-20)16-21(32)14-18/h3-11,17-21H,12-16H2,1-2H3,(H,34,37)(H,38,39). The third kappa shape index (κ3) is 3.89. The van der Waals surface area contributed by atoms with Crippen LogP contribution < -0.4 is 14.8 Å². The SMILES string of the molecule is COc1cccc(OC)c1-c1cc(C(=O)NC2(C(=O)O)C3CC4CC(C3)CC2C4)nn1-c1cccc2ncccc12. The van der Waals surface area contributed by atoms with Crippen molar-refractivity contribution in [3.8, 4) is 28.4 Å². The molecule has 4 fully saturated rings. The van der Waals surface area contributed by atoms with E-state index in [1.807, 2.05) is 48.5 Å². The number of benzene rings is 2. The molecular formula is C32H32N4O5. The molecule has 4 saturated carbocycles. The lowest BCUT2D eigenvalue weighted by atomic mass is 9.48. The average molecular weight is 553 g/mol. The molecule has 0 aliphatic heterocycles. The largest absolute Gasteiger partial charge is 0.496 e. The summed E-state index contributed by atoms with van der Waals surface area (Å²) in [7, 11) is 3.16. The molecule has 1 amide bonds. The zero-order chi connectivity index (χ0) is 28.3. The zero-order valence-electron chi connectivity index (χ0n) is 23.0. The quantitative estimate of drug-likeness (QED) is 0.327. The molecule has 2 N–H and O–H groups in total. The van der Waals surface area contributed by atoms with Crippen LogP contribution in [0.5, 0.6) is 11.5 Å². The van der Waals surface area contributed by atoms with E-state index in [1.54, 1.807) is 31.2 Å². The number of aromatic nitrogens is 3. The minimum Gasteiger partial charge on any atom is -0.496 e. The molecule has 210 valence electrons. The van der Waals surface area contributed by atoms with Gasteiger partial charge in [0.2, 0.25) is 0 Å². The van der Waals surface area contributed by atoms with Crippen molar-refractivity contribution in [3.05, 3.63) is 66.5 Å². The number of carbonyl (C=O) groups is 2. The second-order valence-corrected chi connectivity index (χ2v) is 11.6. The Morgan fingerprint density at radius 1 is 0.927 bits per heavy atom. The lowest BCUT2D eigenvalue weighted by molar-refractivity contribution is -0.163. The van der Waals surface area contributed by atoms with Crippen LogP contribution in [0.4, 0.5) is 0 Å². The molecule has 9 nitrogen and oxygen atoms in total. The van der Waals surface area contributed by atoms with E-state index >= 15 is 0 Å². The van der Waals surface area contributed by atoms with Crippen molar-refractivity contribution in [1.82, 2.24) is 20.1 Å². The fraction of sp³-hybridized carbons (Fsp3) is 0.375. The van der Waals surface area contributed by atoms with Crippen LogP contribution in [-0.4, -0.2) is 51.5 Å². The third-order valence-electron chi connectivity index (χ3n) is 9.58. The van der Waals surface area contributed by atoms with Crippen molar-refractivity contribution < 1.29 is 24.2 Å². The van der Waals surface area contributed by atoms with Crippen LogP contribution in [0, 0.1) is 23.7 Å². The number of methoxy groups -OCH3 is 2. The molecule has 4 aliphatic carbocycles. The van der Waals surface area contributed by atoms with E-state index in [-0.39, 0.29) is 17.5 Å². The predicted molar refractivity (Wildman–Crippen MR) is 152 cm³/mol. The number of ether oxygens (including phenoxy) is 2. The first kappa shape index (κ1) is 25.6. The first-order chi connectivity index (χ1) is 19.9. The van der Waals surface area contributed by atoms with E-state index in [2.05, 4.69) is 10.3 Å². The van der Waals surface area contributed by atoms with Crippen molar-refractivity contribution in [1.29, 1.82) is 0 Å². The number of amides is 1. The summed E-state index contributed by atoms with van der Waals surface area (Å²) >= 11 is 0. The van der Waals surface area contributed by atoms with Gasteiger partial charge >= 0.3 is 5.97 Å². The summed E-state index contributed by atoms with van der Waals surface area (Å²) in [6.45, 7) is 0. The fourth-order valence-electron chi connectivity index (χ4n) is 8.02. The van der Waals surface area contributed by atoms with Gasteiger partial charge < -0.3 is 19.9 Å². The summed E-state index contributed by atoms with van der Waals surface area (Å²) in [5.41, 5.74) is 1.56. The number of carboxylic acids is 1. The molecule has 4 aromatic rings. The Morgan fingerprint density at radius 3 is 2.22 bits per heavy atom. The Balaban J connectivity index is 1.37. The fourth-order valence-corrected chi connectivity index (χ4v) is 8.02. The van der Waals surface area contributed by atoms with Gasteiger partial charge in [-0.25, -0.2) is 9.48 Å². The second-order valence-electron chi connectivity index (χ2n) is 11.6. The summed E-state index contributed by atoms with van der Waals surface area (Å²) in [6.07, 6.45) is 6.31. The molecule has 0 radical (unpaired) electrons. The third-order valence-corrected chi connectivity index (χ3v) is 9.58. The van der Waals surface area contributed by atoms with Gasteiger partial charge in [-0.2, -0.15) is 5.10 Å². The van der Waals surface area contributed by atoms with Crippen molar-refractivity contribution >= 4 is 22.8 Å². The number of aliphatic carboxylic acids is 1. The van der Waals surface area contributed by atoms with Crippen LogP contribution >= 0.6 is 0 Å². The molecule has 4 bridgehead atoms. The maximum absolute atomic E-state index is 14.0. The number of carboxylic acid groups (broad SMARTS) is 1.